The van der Waals surface area contributed by atoms with Crippen molar-refractivity contribution in [3.8, 4) is 5.75 Å². The first-order valence-corrected chi connectivity index (χ1v) is 8.70. The summed E-state index contributed by atoms with van der Waals surface area (Å²) >= 11 is 6.33. The SMILES string of the molecule is CC(C)(C)c1ccc(OCCCCN2CCNCC2)c(Cl)c1. The fourth-order valence-electron chi connectivity index (χ4n) is 2.64. The smallest absolute Gasteiger partial charge is 0.137 e. The van der Waals surface area contributed by atoms with Gasteiger partial charge in [0.05, 0.1) is 11.6 Å². The number of nitrogens with zero attached hydrogens (tertiary/aromatic N) is 1. The van der Waals surface area contributed by atoms with E-state index in [4.69, 9.17) is 16.3 Å². The Bertz CT molecular complexity index is 465. The maximum absolute atomic E-state index is 6.33. The minimum absolute atomic E-state index is 0.117. The molecule has 4 heteroatoms. The van der Waals surface area contributed by atoms with Gasteiger partial charge in [0, 0.05) is 26.2 Å². The van der Waals surface area contributed by atoms with Gasteiger partial charge in [-0.05, 0) is 42.5 Å². The Balaban J connectivity index is 1.70. The topological polar surface area (TPSA) is 24.5 Å². The predicted molar refractivity (Wildman–Crippen MR) is 94.2 cm³/mol. The second-order valence-corrected chi connectivity index (χ2v) is 7.45. The molecule has 22 heavy (non-hydrogen) atoms. The lowest BCUT2D eigenvalue weighted by atomic mass is 9.87. The maximum Gasteiger partial charge on any atom is 0.137 e. The van der Waals surface area contributed by atoms with Gasteiger partial charge in [-0.25, -0.2) is 0 Å². The number of ether oxygens (including phenoxy) is 1. The lowest BCUT2D eigenvalue weighted by Crippen LogP contribution is -2.43. The zero-order valence-corrected chi connectivity index (χ0v) is 14.9. The van der Waals surface area contributed by atoms with E-state index in [0.29, 0.717) is 0 Å². The molecule has 0 atom stereocenters. The molecule has 1 aromatic rings. The van der Waals surface area contributed by atoms with Crippen molar-refractivity contribution in [3.63, 3.8) is 0 Å². The molecule has 1 saturated heterocycles. The van der Waals surface area contributed by atoms with E-state index < -0.39 is 0 Å². The van der Waals surface area contributed by atoms with Crippen LogP contribution in [-0.2, 0) is 5.41 Å². The molecule has 0 aliphatic carbocycles. The molecule has 0 radical (unpaired) electrons. The molecule has 124 valence electrons. The van der Waals surface area contributed by atoms with E-state index in [1.807, 2.05) is 12.1 Å². The molecule has 0 saturated carbocycles. The standard InChI is InChI=1S/C18H29ClN2O/c1-18(2,3)15-6-7-17(16(19)14-15)22-13-5-4-10-21-11-8-20-9-12-21/h6-7,14,20H,4-5,8-13H2,1-3H3. The van der Waals surface area contributed by atoms with Crippen LogP contribution in [0.1, 0.15) is 39.2 Å². The van der Waals surface area contributed by atoms with E-state index in [-0.39, 0.29) is 5.41 Å². The number of hydrogen-bond donors (Lipinski definition) is 1. The number of benzene rings is 1. The Hall–Kier alpha value is -0.770. The first kappa shape index (κ1) is 17.6. The number of nitrogens with one attached hydrogen (secondary N) is 1. The molecule has 1 heterocycles. The number of rotatable bonds is 6. The molecule has 1 aromatic carbocycles. The van der Waals surface area contributed by atoms with Crippen molar-refractivity contribution in [1.82, 2.24) is 10.2 Å². The van der Waals surface area contributed by atoms with E-state index in [1.54, 1.807) is 0 Å². The highest BCUT2D eigenvalue weighted by atomic mass is 35.5. The van der Waals surface area contributed by atoms with Gasteiger partial charge in [0.25, 0.3) is 0 Å². The monoisotopic (exact) mass is 324 g/mol. The molecule has 1 aliphatic heterocycles. The molecule has 0 amide bonds. The fourth-order valence-corrected chi connectivity index (χ4v) is 2.87. The van der Waals surface area contributed by atoms with E-state index >= 15 is 0 Å². The molecule has 3 nitrogen and oxygen atoms in total. The molecule has 0 aromatic heterocycles. The van der Waals surface area contributed by atoms with Crippen LogP contribution in [0.5, 0.6) is 5.75 Å². The Labute approximate surface area is 140 Å². The summed E-state index contributed by atoms with van der Waals surface area (Å²) < 4.78 is 5.83. The van der Waals surface area contributed by atoms with Crippen molar-refractivity contribution < 1.29 is 4.74 Å². The zero-order valence-electron chi connectivity index (χ0n) is 14.1. The first-order valence-electron chi connectivity index (χ1n) is 8.33. The van der Waals surface area contributed by atoms with Gasteiger partial charge in [-0.15, -0.1) is 0 Å². The summed E-state index contributed by atoms with van der Waals surface area (Å²) in [4.78, 5) is 2.52. The van der Waals surface area contributed by atoms with Crippen LogP contribution in [0.25, 0.3) is 0 Å². The highest BCUT2D eigenvalue weighted by Crippen LogP contribution is 2.31. The second-order valence-electron chi connectivity index (χ2n) is 7.04. The normalized spacial score (nSPS) is 16.7. The van der Waals surface area contributed by atoms with E-state index in [1.165, 1.54) is 31.6 Å². The van der Waals surface area contributed by atoms with Crippen molar-refractivity contribution in [3.05, 3.63) is 28.8 Å². The van der Waals surface area contributed by atoms with Gasteiger partial charge in [-0.2, -0.15) is 0 Å². The van der Waals surface area contributed by atoms with Gasteiger partial charge >= 0.3 is 0 Å². The van der Waals surface area contributed by atoms with Crippen molar-refractivity contribution in [2.24, 2.45) is 0 Å². The van der Waals surface area contributed by atoms with E-state index in [0.717, 1.165) is 36.9 Å². The van der Waals surface area contributed by atoms with Crippen molar-refractivity contribution in [1.29, 1.82) is 0 Å². The number of unbranched alkanes of at least 4 members (excludes halogenated alkanes) is 1. The van der Waals surface area contributed by atoms with Crippen LogP contribution in [-0.4, -0.2) is 44.2 Å². The summed E-state index contributed by atoms with van der Waals surface area (Å²) in [6, 6.07) is 6.14. The lowest BCUT2D eigenvalue weighted by Gasteiger charge is -2.27. The summed E-state index contributed by atoms with van der Waals surface area (Å²) in [7, 11) is 0. The molecule has 1 N–H and O–H groups in total. The van der Waals surface area contributed by atoms with Gasteiger partial charge in [-0.1, -0.05) is 38.4 Å². The molecule has 0 spiro atoms. The average molecular weight is 325 g/mol. The quantitative estimate of drug-likeness (QED) is 0.807. The van der Waals surface area contributed by atoms with Gasteiger partial charge < -0.3 is 15.0 Å². The molecule has 0 unspecified atom stereocenters. The molecule has 1 fully saturated rings. The van der Waals surface area contributed by atoms with Crippen LogP contribution in [0.2, 0.25) is 5.02 Å². The molecular formula is C18H29ClN2O. The number of halogens is 1. The third-order valence-corrected chi connectivity index (χ3v) is 4.43. The molecular weight excluding hydrogens is 296 g/mol. The number of piperazine rings is 1. The summed E-state index contributed by atoms with van der Waals surface area (Å²) in [5, 5.41) is 4.10. The van der Waals surface area contributed by atoms with Crippen LogP contribution in [0, 0.1) is 0 Å². The summed E-state index contributed by atoms with van der Waals surface area (Å²) in [6.45, 7) is 13.0. The van der Waals surface area contributed by atoms with Gasteiger partial charge in [0.15, 0.2) is 0 Å². The fraction of sp³-hybridized carbons (Fsp3) is 0.667. The van der Waals surface area contributed by atoms with E-state index in [9.17, 15) is 0 Å². The second kappa shape index (κ2) is 8.19. The Morgan fingerprint density at radius 3 is 2.55 bits per heavy atom. The Kier molecular flexibility index (Phi) is 6.54. The van der Waals surface area contributed by atoms with Crippen LogP contribution in [0.3, 0.4) is 0 Å². The number of hydrogen-bond acceptors (Lipinski definition) is 3. The average Bonchev–Trinajstić information content (AvgIpc) is 2.48. The summed E-state index contributed by atoms with van der Waals surface area (Å²) in [5.41, 5.74) is 1.36. The van der Waals surface area contributed by atoms with Gasteiger partial charge in [0.2, 0.25) is 0 Å². The maximum atomic E-state index is 6.33. The third-order valence-electron chi connectivity index (χ3n) is 4.13. The van der Waals surface area contributed by atoms with Gasteiger partial charge in [0.1, 0.15) is 5.75 Å². The summed E-state index contributed by atoms with van der Waals surface area (Å²) in [6.07, 6.45) is 2.25. The Morgan fingerprint density at radius 1 is 1.18 bits per heavy atom. The van der Waals surface area contributed by atoms with Crippen LogP contribution >= 0.6 is 11.6 Å². The highest BCUT2D eigenvalue weighted by molar-refractivity contribution is 6.32. The minimum atomic E-state index is 0.117. The Morgan fingerprint density at radius 2 is 1.91 bits per heavy atom. The van der Waals surface area contributed by atoms with Crippen molar-refractivity contribution in [2.75, 3.05) is 39.3 Å². The van der Waals surface area contributed by atoms with Gasteiger partial charge in [-0.3, -0.25) is 0 Å². The van der Waals surface area contributed by atoms with Crippen LogP contribution in [0.15, 0.2) is 18.2 Å². The van der Waals surface area contributed by atoms with Crippen LogP contribution in [0.4, 0.5) is 0 Å². The first-order chi connectivity index (χ1) is 10.5. The van der Waals surface area contributed by atoms with Crippen molar-refractivity contribution >= 4 is 11.6 Å². The van der Waals surface area contributed by atoms with Crippen LogP contribution < -0.4 is 10.1 Å². The lowest BCUT2D eigenvalue weighted by molar-refractivity contribution is 0.226. The highest BCUT2D eigenvalue weighted by Gasteiger charge is 2.15. The molecule has 1 aliphatic rings. The molecule has 0 bridgehead atoms. The predicted octanol–water partition coefficient (Wildman–Crippen LogP) is 3.70. The largest absolute Gasteiger partial charge is 0.492 e. The third kappa shape index (κ3) is 5.45. The molecule has 2 rings (SSSR count). The zero-order chi connectivity index (χ0) is 16.0. The minimum Gasteiger partial charge on any atom is -0.492 e. The van der Waals surface area contributed by atoms with E-state index in [2.05, 4.69) is 37.1 Å². The summed E-state index contributed by atoms with van der Waals surface area (Å²) in [5.74, 6) is 0.803. The van der Waals surface area contributed by atoms with Crippen molar-refractivity contribution in [2.45, 2.75) is 39.0 Å².